The minimum atomic E-state index is 0.0463. The summed E-state index contributed by atoms with van der Waals surface area (Å²) in [5.74, 6) is 0.0463. The number of carbonyl (C=O) groups excluding carboxylic acids is 1. The van der Waals surface area contributed by atoms with Gasteiger partial charge in [0.05, 0.1) is 10.5 Å². The minimum Gasteiger partial charge on any atom is -0.360 e. The fourth-order valence-corrected chi connectivity index (χ4v) is 2.15. The van der Waals surface area contributed by atoms with E-state index in [-0.39, 0.29) is 5.78 Å². The first-order valence-electron chi connectivity index (χ1n) is 5.14. The lowest BCUT2D eigenvalue weighted by Crippen LogP contribution is -2.09. The number of carbonyl (C=O) groups is 1. The van der Waals surface area contributed by atoms with E-state index in [1.165, 1.54) is 0 Å². The van der Waals surface area contributed by atoms with Gasteiger partial charge in [0.1, 0.15) is 0 Å². The molecule has 1 heterocycles. The first-order chi connectivity index (χ1) is 7.65. The van der Waals surface area contributed by atoms with E-state index in [2.05, 4.69) is 4.98 Å². The minimum absolute atomic E-state index is 0.0463. The van der Waals surface area contributed by atoms with Gasteiger partial charge in [-0.15, -0.1) is 0 Å². The van der Waals surface area contributed by atoms with Crippen LogP contribution < -0.4 is 5.73 Å². The second-order valence-electron chi connectivity index (χ2n) is 3.76. The van der Waals surface area contributed by atoms with Gasteiger partial charge in [0.2, 0.25) is 0 Å². The molecule has 0 spiro atoms. The van der Waals surface area contributed by atoms with Crippen molar-refractivity contribution < 1.29 is 4.79 Å². The molecule has 0 aliphatic carbocycles. The third-order valence-electron chi connectivity index (χ3n) is 2.74. The molecule has 2 rings (SSSR count). The topological polar surface area (TPSA) is 58.9 Å². The molecule has 3 nitrogen and oxygen atoms in total. The summed E-state index contributed by atoms with van der Waals surface area (Å²) in [5, 5.41) is 1.57. The van der Waals surface area contributed by atoms with E-state index in [1.807, 2.05) is 19.2 Å². The summed E-state index contributed by atoms with van der Waals surface area (Å²) in [4.78, 5) is 14.9. The summed E-state index contributed by atoms with van der Waals surface area (Å²) in [6, 6.07) is 3.64. The summed E-state index contributed by atoms with van der Waals surface area (Å²) in [6.07, 6.45) is 2.17. The molecule has 0 unspecified atom stereocenters. The Balaban J connectivity index is 2.62. The van der Waals surface area contributed by atoms with Crippen molar-refractivity contribution in [1.82, 2.24) is 4.98 Å². The number of halogens is 1. The van der Waals surface area contributed by atoms with Crippen LogP contribution in [-0.2, 0) is 0 Å². The maximum Gasteiger partial charge on any atom is 0.164 e. The van der Waals surface area contributed by atoms with E-state index < -0.39 is 0 Å². The van der Waals surface area contributed by atoms with Crippen LogP contribution in [0, 0.1) is 6.92 Å². The van der Waals surface area contributed by atoms with E-state index in [9.17, 15) is 4.79 Å². The number of nitrogens with two attached hydrogens (primary N) is 1. The molecular formula is C12H13ClN2O. The van der Waals surface area contributed by atoms with Crippen molar-refractivity contribution in [3.05, 3.63) is 34.5 Å². The van der Waals surface area contributed by atoms with E-state index >= 15 is 0 Å². The van der Waals surface area contributed by atoms with Crippen molar-refractivity contribution >= 4 is 28.3 Å². The van der Waals surface area contributed by atoms with Gasteiger partial charge in [0.25, 0.3) is 0 Å². The van der Waals surface area contributed by atoms with Crippen molar-refractivity contribution in [2.24, 2.45) is 5.73 Å². The molecule has 4 heteroatoms. The zero-order valence-corrected chi connectivity index (χ0v) is 9.77. The molecule has 0 bridgehead atoms. The van der Waals surface area contributed by atoms with Crippen molar-refractivity contribution in [3.8, 4) is 0 Å². The van der Waals surface area contributed by atoms with Crippen LogP contribution in [0.5, 0.6) is 0 Å². The van der Waals surface area contributed by atoms with E-state index in [0.717, 1.165) is 16.5 Å². The number of ketones is 1. The molecule has 0 amide bonds. The molecule has 2 aromatic rings. The summed E-state index contributed by atoms with van der Waals surface area (Å²) in [6.45, 7) is 2.29. The van der Waals surface area contributed by atoms with Crippen LogP contribution in [0.1, 0.15) is 22.3 Å². The monoisotopic (exact) mass is 236 g/mol. The second-order valence-corrected chi connectivity index (χ2v) is 4.17. The fourth-order valence-electron chi connectivity index (χ4n) is 1.89. The van der Waals surface area contributed by atoms with Gasteiger partial charge >= 0.3 is 0 Å². The molecule has 0 saturated heterocycles. The first-order valence-corrected chi connectivity index (χ1v) is 5.52. The van der Waals surface area contributed by atoms with Gasteiger partial charge in [-0.1, -0.05) is 11.6 Å². The van der Waals surface area contributed by atoms with Crippen molar-refractivity contribution in [2.75, 3.05) is 6.54 Å². The van der Waals surface area contributed by atoms with Crippen LogP contribution in [0.3, 0.4) is 0 Å². The fraction of sp³-hybridized carbons (Fsp3) is 0.250. The zero-order chi connectivity index (χ0) is 11.7. The van der Waals surface area contributed by atoms with Gasteiger partial charge in [-0.2, -0.15) is 0 Å². The number of aromatic nitrogens is 1. The summed E-state index contributed by atoms with van der Waals surface area (Å²) >= 11 is 6.11. The highest BCUT2D eigenvalue weighted by Gasteiger charge is 2.13. The normalized spacial score (nSPS) is 10.9. The maximum absolute atomic E-state index is 11.8. The lowest BCUT2D eigenvalue weighted by Gasteiger charge is -2.07. The third kappa shape index (κ3) is 1.72. The van der Waals surface area contributed by atoms with E-state index in [0.29, 0.717) is 23.6 Å². The van der Waals surface area contributed by atoms with E-state index in [4.69, 9.17) is 17.3 Å². The van der Waals surface area contributed by atoms with Crippen LogP contribution in [0.4, 0.5) is 0 Å². The number of fused-ring (bicyclic) bond motifs is 1. The Hall–Kier alpha value is -1.32. The number of benzene rings is 1. The Morgan fingerprint density at radius 2 is 2.31 bits per heavy atom. The predicted octanol–water partition coefficient (Wildman–Crippen LogP) is 2.66. The summed E-state index contributed by atoms with van der Waals surface area (Å²) in [5.41, 5.74) is 7.89. The van der Waals surface area contributed by atoms with Gasteiger partial charge in [-0.05, 0) is 31.2 Å². The summed E-state index contributed by atoms with van der Waals surface area (Å²) < 4.78 is 0. The van der Waals surface area contributed by atoms with Gasteiger partial charge in [-0.25, -0.2) is 0 Å². The molecule has 84 valence electrons. The number of hydrogen-bond donors (Lipinski definition) is 2. The lowest BCUT2D eigenvalue weighted by atomic mass is 9.99. The molecule has 0 aliphatic rings. The number of nitrogens with one attached hydrogen (secondary N) is 1. The number of aryl methyl sites for hydroxylation is 1. The van der Waals surface area contributed by atoms with Crippen molar-refractivity contribution in [1.29, 1.82) is 0 Å². The number of H-pyrrole nitrogens is 1. The van der Waals surface area contributed by atoms with Crippen LogP contribution in [0.25, 0.3) is 10.9 Å². The molecule has 3 N–H and O–H groups in total. The van der Waals surface area contributed by atoms with Gasteiger partial charge in [0.15, 0.2) is 5.78 Å². The highest BCUT2D eigenvalue weighted by Crippen LogP contribution is 2.28. The third-order valence-corrected chi connectivity index (χ3v) is 3.03. The van der Waals surface area contributed by atoms with Gasteiger partial charge in [0, 0.05) is 23.6 Å². The molecule has 0 aliphatic heterocycles. The predicted molar refractivity (Wildman–Crippen MR) is 66.0 cm³/mol. The molecule has 1 aromatic carbocycles. The average Bonchev–Trinajstić information content (AvgIpc) is 2.73. The largest absolute Gasteiger partial charge is 0.360 e. The number of Topliss-reactive ketones (excluding diaryl/α,β-unsaturated/α-hetero) is 1. The van der Waals surface area contributed by atoms with Crippen LogP contribution >= 0.6 is 11.6 Å². The maximum atomic E-state index is 11.8. The quantitative estimate of drug-likeness (QED) is 0.805. The Kier molecular flexibility index (Phi) is 2.99. The molecule has 16 heavy (non-hydrogen) atoms. The molecule has 0 atom stereocenters. The first kappa shape index (κ1) is 11.2. The Labute approximate surface area is 98.6 Å². The van der Waals surface area contributed by atoms with Gasteiger partial charge in [-0.3, -0.25) is 4.79 Å². The molecule has 0 radical (unpaired) electrons. The van der Waals surface area contributed by atoms with Crippen LogP contribution in [-0.4, -0.2) is 17.3 Å². The highest BCUT2D eigenvalue weighted by molar-refractivity contribution is 6.35. The lowest BCUT2D eigenvalue weighted by molar-refractivity contribution is 0.0985. The molecular weight excluding hydrogens is 224 g/mol. The molecule has 0 saturated carbocycles. The highest BCUT2D eigenvalue weighted by atomic mass is 35.5. The Morgan fingerprint density at radius 1 is 1.56 bits per heavy atom. The van der Waals surface area contributed by atoms with Crippen molar-refractivity contribution in [3.63, 3.8) is 0 Å². The standard InChI is InChI=1S/C12H13ClN2O/c1-7-8-3-5-15-12(8)10(13)6-9(7)11(16)2-4-14/h3,5-6,15H,2,4,14H2,1H3. The average molecular weight is 237 g/mol. The smallest absolute Gasteiger partial charge is 0.164 e. The van der Waals surface area contributed by atoms with Crippen LogP contribution in [0.15, 0.2) is 18.3 Å². The number of hydrogen-bond acceptors (Lipinski definition) is 2. The van der Waals surface area contributed by atoms with E-state index in [1.54, 1.807) is 6.07 Å². The number of rotatable bonds is 3. The SMILES string of the molecule is Cc1c(C(=O)CCN)cc(Cl)c2[nH]ccc12. The molecule has 1 aromatic heterocycles. The molecule has 0 fully saturated rings. The van der Waals surface area contributed by atoms with Crippen LogP contribution in [0.2, 0.25) is 5.02 Å². The van der Waals surface area contributed by atoms with Gasteiger partial charge < -0.3 is 10.7 Å². The Morgan fingerprint density at radius 3 is 3.00 bits per heavy atom. The Bertz CT molecular complexity index is 545. The number of aromatic amines is 1. The summed E-state index contributed by atoms with van der Waals surface area (Å²) in [7, 11) is 0. The van der Waals surface area contributed by atoms with Crippen molar-refractivity contribution in [2.45, 2.75) is 13.3 Å². The zero-order valence-electron chi connectivity index (χ0n) is 9.01. The second kappa shape index (κ2) is 4.28.